The molecule has 2 nitrogen and oxygen atoms in total. The van der Waals surface area contributed by atoms with E-state index in [4.69, 9.17) is 5.73 Å². The third-order valence-corrected chi connectivity index (χ3v) is 2.66. The van der Waals surface area contributed by atoms with Crippen LogP contribution in [0.5, 0.6) is 0 Å². The van der Waals surface area contributed by atoms with Crippen LogP contribution in [0.15, 0.2) is 36.4 Å². The molecule has 88 valence electrons. The van der Waals surface area contributed by atoms with Crippen LogP contribution in [0.2, 0.25) is 0 Å². The average molecular weight is 230 g/mol. The van der Waals surface area contributed by atoms with E-state index >= 15 is 0 Å². The monoisotopic (exact) mass is 230 g/mol. The second kappa shape index (κ2) is 4.45. The number of nitrogens with one attached hydrogen (secondary N) is 1. The van der Waals surface area contributed by atoms with Crippen LogP contribution in [-0.2, 0) is 0 Å². The quantitative estimate of drug-likeness (QED) is 0.771. The standard InChI is InChI=1S/C14H15FN2/c1-9-3-6-13(16)14(7-9)17-11-5-4-10(2)12(15)8-11/h3-8,17H,16H2,1-2H3. The molecule has 3 N–H and O–H groups in total. The molecule has 0 bridgehead atoms. The first kappa shape index (κ1) is 11.5. The van der Waals surface area contributed by atoms with Gasteiger partial charge in [0, 0.05) is 5.69 Å². The smallest absolute Gasteiger partial charge is 0.128 e. The molecule has 0 radical (unpaired) electrons. The van der Waals surface area contributed by atoms with Gasteiger partial charge >= 0.3 is 0 Å². The van der Waals surface area contributed by atoms with Crippen molar-refractivity contribution in [3.05, 3.63) is 53.3 Å². The predicted molar refractivity (Wildman–Crippen MR) is 70.0 cm³/mol. The van der Waals surface area contributed by atoms with Crippen molar-refractivity contribution >= 4 is 17.1 Å². The number of hydrogen-bond donors (Lipinski definition) is 2. The Hall–Kier alpha value is -2.03. The summed E-state index contributed by atoms with van der Waals surface area (Å²) in [4.78, 5) is 0. The van der Waals surface area contributed by atoms with Crippen molar-refractivity contribution in [2.24, 2.45) is 0 Å². The number of rotatable bonds is 2. The molecule has 0 aromatic heterocycles. The molecule has 0 fully saturated rings. The van der Waals surface area contributed by atoms with Gasteiger partial charge < -0.3 is 11.1 Å². The van der Waals surface area contributed by atoms with Gasteiger partial charge in [-0.3, -0.25) is 0 Å². The molecule has 0 aliphatic heterocycles. The molecule has 0 heterocycles. The molecule has 17 heavy (non-hydrogen) atoms. The summed E-state index contributed by atoms with van der Waals surface area (Å²) in [6, 6.07) is 10.8. The Morgan fingerprint density at radius 3 is 2.53 bits per heavy atom. The fourth-order valence-corrected chi connectivity index (χ4v) is 1.60. The van der Waals surface area contributed by atoms with Gasteiger partial charge in [0.2, 0.25) is 0 Å². The minimum Gasteiger partial charge on any atom is -0.397 e. The maximum Gasteiger partial charge on any atom is 0.128 e. The van der Waals surface area contributed by atoms with E-state index in [1.54, 1.807) is 13.0 Å². The van der Waals surface area contributed by atoms with Gasteiger partial charge in [0.1, 0.15) is 5.82 Å². The SMILES string of the molecule is Cc1ccc(N)c(Nc2ccc(C)c(F)c2)c1. The van der Waals surface area contributed by atoms with Gasteiger partial charge in [-0.2, -0.15) is 0 Å². The van der Waals surface area contributed by atoms with Crippen LogP contribution in [-0.4, -0.2) is 0 Å². The molecule has 3 heteroatoms. The zero-order valence-electron chi connectivity index (χ0n) is 9.92. The molecule has 2 rings (SSSR count). The van der Waals surface area contributed by atoms with Gasteiger partial charge in [-0.1, -0.05) is 12.1 Å². The highest BCUT2D eigenvalue weighted by atomic mass is 19.1. The van der Waals surface area contributed by atoms with Gasteiger partial charge in [0.15, 0.2) is 0 Å². The Morgan fingerprint density at radius 1 is 1.06 bits per heavy atom. The van der Waals surface area contributed by atoms with Gasteiger partial charge in [-0.15, -0.1) is 0 Å². The third-order valence-electron chi connectivity index (χ3n) is 2.66. The van der Waals surface area contributed by atoms with Gasteiger partial charge in [0.05, 0.1) is 11.4 Å². The number of nitrogens with two attached hydrogens (primary N) is 1. The van der Waals surface area contributed by atoms with Crippen molar-refractivity contribution in [2.45, 2.75) is 13.8 Å². The molecular weight excluding hydrogens is 215 g/mol. The summed E-state index contributed by atoms with van der Waals surface area (Å²) in [6.45, 7) is 3.72. The minimum atomic E-state index is -0.221. The van der Waals surface area contributed by atoms with Crippen molar-refractivity contribution in [3.63, 3.8) is 0 Å². The first-order chi connectivity index (χ1) is 8.06. The summed E-state index contributed by atoms with van der Waals surface area (Å²) in [5.74, 6) is -0.221. The average Bonchev–Trinajstić information content (AvgIpc) is 2.29. The van der Waals surface area contributed by atoms with Crippen LogP contribution in [0.25, 0.3) is 0 Å². The number of nitrogen functional groups attached to an aromatic ring is 1. The molecule has 0 amide bonds. The third kappa shape index (κ3) is 2.56. The molecule has 0 spiro atoms. The Morgan fingerprint density at radius 2 is 1.82 bits per heavy atom. The van der Waals surface area contributed by atoms with Crippen LogP contribution >= 0.6 is 0 Å². The Labute approximate surface area is 100 Å². The van der Waals surface area contributed by atoms with E-state index in [-0.39, 0.29) is 5.82 Å². The molecule has 0 atom stereocenters. The van der Waals surface area contributed by atoms with Crippen molar-refractivity contribution in [2.75, 3.05) is 11.1 Å². The predicted octanol–water partition coefficient (Wildman–Crippen LogP) is 3.77. The maximum atomic E-state index is 13.4. The fourth-order valence-electron chi connectivity index (χ4n) is 1.60. The molecule has 0 saturated carbocycles. The van der Waals surface area contributed by atoms with E-state index in [0.717, 1.165) is 11.3 Å². The van der Waals surface area contributed by atoms with Gasteiger partial charge in [0.25, 0.3) is 0 Å². The van der Waals surface area contributed by atoms with Crippen LogP contribution < -0.4 is 11.1 Å². The molecule has 0 unspecified atom stereocenters. The summed E-state index contributed by atoms with van der Waals surface area (Å²) in [7, 11) is 0. The summed E-state index contributed by atoms with van der Waals surface area (Å²) in [6.07, 6.45) is 0. The van der Waals surface area contributed by atoms with Crippen LogP contribution in [0.3, 0.4) is 0 Å². The first-order valence-electron chi connectivity index (χ1n) is 5.45. The van der Waals surface area contributed by atoms with Crippen molar-refractivity contribution in [3.8, 4) is 0 Å². The largest absolute Gasteiger partial charge is 0.397 e. The van der Waals surface area contributed by atoms with E-state index in [0.29, 0.717) is 16.9 Å². The van der Waals surface area contributed by atoms with Crippen molar-refractivity contribution in [1.29, 1.82) is 0 Å². The second-order valence-electron chi connectivity index (χ2n) is 4.18. The lowest BCUT2D eigenvalue weighted by atomic mass is 10.1. The molecule has 0 aliphatic rings. The van der Waals surface area contributed by atoms with E-state index in [1.807, 2.05) is 31.2 Å². The number of aryl methyl sites for hydroxylation is 2. The van der Waals surface area contributed by atoms with E-state index in [1.165, 1.54) is 6.07 Å². The highest BCUT2D eigenvalue weighted by molar-refractivity contribution is 5.73. The van der Waals surface area contributed by atoms with Crippen molar-refractivity contribution in [1.82, 2.24) is 0 Å². The fraction of sp³-hybridized carbons (Fsp3) is 0.143. The number of hydrogen-bond acceptors (Lipinski definition) is 2. The van der Waals surface area contributed by atoms with Gasteiger partial charge in [-0.25, -0.2) is 4.39 Å². The van der Waals surface area contributed by atoms with Crippen LogP contribution in [0, 0.1) is 19.7 Å². The molecule has 2 aromatic carbocycles. The number of anilines is 3. The summed E-state index contributed by atoms with van der Waals surface area (Å²) in [5.41, 5.74) is 9.74. The van der Waals surface area contributed by atoms with Gasteiger partial charge in [-0.05, 0) is 49.2 Å². The lowest BCUT2D eigenvalue weighted by molar-refractivity contribution is 0.619. The summed E-state index contributed by atoms with van der Waals surface area (Å²) >= 11 is 0. The maximum absolute atomic E-state index is 13.4. The Bertz CT molecular complexity index is 550. The molecular formula is C14H15FN2. The Balaban J connectivity index is 2.31. The Kier molecular flexibility index (Phi) is 3.00. The zero-order valence-corrected chi connectivity index (χ0v) is 9.92. The molecule has 0 aliphatic carbocycles. The lowest BCUT2D eigenvalue weighted by Gasteiger charge is -2.10. The first-order valence-corrected chi connectivity index (χ1v) is 5.45. The van der Waals surface area contributed by atoms with E-state index in [2.05, 4.69) is 5.32 Å². The summed E-state index contributed by atoms with van der Waals surface area (Å²) in [5, 5.41) is 3.12. The van der Waals surface area contributed by atoms with Crippen LogP contribution in [0.4, 0.5) is 21.5 Å². The lowest BCUT2D eigenvalue weighted by Crippen LogP contribution is -1.97. The molecule has 2 aromatic rings. The molecule has 0 saturated heterocycles. The van der Waals surface area contributed by atoms with Crippen LogP contribution in [0.1, 0.15) is 11.1 Å². The number of halogens is 1. The number of benzene rings is 2. The van der Waals surface area contributed by atoms with E-state index in [9.17, 15) is 4.39 Å². The normalized spacial score (nSPS) is 10.3. The highest BCUT2D eigenvalue weighted by Gasteiger charge is 2.02. The second-order valence-corrected chi connectivity index (χ2v) is 4.18. The minimum absolute atomic E-state index is 0.221. The zero-order chi connectivity index (χ0) is 12.4. The highest BCUT2D eigenvalue weighted by Crippen LogP contribution is 2.25. The topological polar surface area (TPSA) is 38.0 Å². The van der Waals surface area contributed by atoms with E-state index < -0.39 is 0 Å². The van der Waals surface area contributed by atoms with Crippen molar-refractivity contribution < 1.29 is 4.39 Å². The summed E-state index contributed by atoms with van der Waals surface area (Å²) < 4.78 is 13.4.